The van der Waals surface area contributed by atoms with Crippen molar-refractivity contribution in [2.75, 3.05) is 0 Å². The fraction of sp³-hybridized carbons (Fsp3) is 0.750. The predicted octanol–water partition coefficient (Wildman–Crippen LogP) is 5.90. The molecule has 0 N–H and O–H groups in total. The van der Waals surface area contributed by atoms with Crippen LogP contribution >= 0.6 is 0 Å². The van der Waals surface area contributed by atoms with E-state index in [4.69, 9.17) is 0 Å². The second-order valence-electron chi connectivity index (χ2n) is 4.72. The third-order valence-electron chi connectivity index (χ3n) is 3.18. The van der Waals surface area contributed by atoms with E-state index in [0.29, 0.717) is 0 Å². The zero-order valence-corrected chi connectivity index (χ0v) is 11.8. The molecule has 0 aromatic heterocycles. The first-order valence-corrected chi connectivity index (χ1v) is 7.06. The summed E-state index contributed by atoms with van der Waals surface area (Å²) in [6.07, 6.45) is 16.1. The maximum atomic E-state index is 2.36. The molecule has 16 heavy (non-hydrogen) atoms. The second-order valence-corrected chi connectivity index (χ2v) is 4.72. The van der Waals surface area contributed by atoms with Gasteiger partial charge in [-0.1, -0.05) is 63.8 Å². The van der Waals surface area contributed by atoms with Gasteiger partial charge in [-0.15, -0.1) is 0 Å². The van der Waals surface area contributed by atoms with Crippen molar-refractivity contribution in [3.63, 3.8) is 0 Å². The minimum atomic E-state index is 0.731. The summed E-state index contributed by atoms with van der Waals surface area (Å²) in [6, 6.07) is 0. The van der Waals surface area contributed by atoms with Crippen LogP contribution < -0.4 is 0 Å². The van der Waals surface area contributed by atoms with E-state index in [2.05, 4.69) is 45.9 Å². The third-order valence-corrected chi connectivity index (χ3v) is 3.18. The molecule has 0 radical (unpaired) electrons. The minimum Gasteiger partial charge on any atom is -0.0885 e. The van der Waals surface area contributed by atoms with E-state index in [1.165, 1.54) is 44.9 Å². The monoisotopic (exact) mass is 222 g/mol. The van der Waals surface area contributed by atoms with Crippen LogP contribution in [0.3, 0.4) is 0 Å². The van der Waals surface area contributed by atoms with Crippen molar-refractivity contribution in [1.82, 2.24) is 0 Å². The van der Waals surface area contributed by atoms with Crippen molar-refractivity contribution in [1.29, 1.82) is 0 Å². The van der Waals surface area contributed by atoms with Gasteiger partial charge in [-0.3, -0.25) is 0 Å². The summed E-state index contributed by atoms with van der Waals surface area (Å²) >= 11 is 0. The van der Waals surface area contributed by atoms with E-state index in [9.17, 15) is 0 Å². The number of hydrogen-bond acceptors (Lipinski definition) is 0. The Kier molecular flexibility index (Phi) is 10.6. The third kappa shape index (κ3) is 7.73. The molecule has 0 bridgehead atoms. The SMILES string of the molecule is C/C=C(/CCCCC)C(C)C/C=C/CCC. The Morgan fingerprint density at radius 1 is 1.06 bits per heavy atom. The fourth-order valence-corrected chi connectivity index (χ4v) is 1.99. The Bertz CT molecular complexity index is 198. The highest BCUT2D eigenvalue weighted by Gasteiger charge is 2.05. The average molecular weight is 222 g/mol. The van der Waals surface area contributed by atoms with E-state index in [1.54, 1.807) is 5.57 Å². The van der Waals surface area contributed by atoms with Gasteiger partial charge in [0.15, 0.2) is 0 Å². The molecule has 0 heterocycles. The molecule has 0 amide bonds. The molecule has 94 valence electrons. The molecule has 0 aliphatic heterocycles. The Morgan fingerprint density at radius 2 is 1.81 bits per heavy atom. The largest absolute Gasteiger partial charge is 0.0885 e. The van der Waals surface area contributed by atoms with E-state index in [-0.39, 0.29) is 0 Å². The first-order valence-electron chi connectivity index (χ1n) is 7.06. The van der Waals surface area contributed by atoms with Crippen LogP contribution in [0.2, 0.25) is 0 Å². The van der Waals surface area contributed by atoms with Gasteiger partial charge in [-0.2, -0.15) is 0 Å². The van der Waals surface area contributed by atoms with Gasteiger partial charge in [0, 0.05) is 0 Å². The van der Waals surface area contributed by atoms with Gasteiger partial charge in [-0.05, 0) is 38.5 Å². The summed E-state index contributed by atoms with van der Waals surface area (Å²) in [5.41, 5.74) is 1.65. The quantitative estimate of drug-likeness (QED) is 0.337. The lowest BCUT2D eigenvalue weighted by molar-refractivity contribution is 0.615. The van der Waals surface area contributed by atoms with Crippen LogP contribution in [0.25, 0.3) is 0 Å². The lowest BCUT2D eigenvalue weighted by Crippen LogP contribution is -1.98. The highest BCUT2D eigenvalue weighted by Crippen LogP contribution is 2.21. The minimum absolute atomic E-state index is 0.731. The Morgan fingerprint density at radius 3 is 2.38 bits per heavy atom. The number of unbranched alkanes of at least 4 members (excludes halogenated alkanes) is 3. The van der Waals surface area contributed by atoms with E-state index in [1.807, 2.05) is 0 Å². The molecule has 0 aliphatic rings. The van der Waals surface area contributed by atoms with Crippen molar-refractivity contribution in [2.24, 2.45) is 5.92 Å². The second kappa shape index (κ2) is 11.0. The summed E-state index contributed by atoms with van der Waals surface area (Å²) in [7, 11) is 0. The topological polar surface area (TPSA) is 0 Å². The van der Waals surface area contributed by atoms with Gasteiger partial charge in [0.25, 0.3) is 0 Å². The molecule has 0 heteroatoms. The molecule has 0 spiro atoms. The molecule has 0 aromatic rings. The Labute approximate surface area is 103 Å². The molecule has 0 aliphatic carbocycles. The molecule has 0 aromatic carbocycles. The van der Waals surface area contributed by atoms with Crippen LogP contribution in [-0.2, 0) is 0 Å². The van der Waals surface area contributed by atoms with Gasteiger partial charge >= 0.3 is 0 Å². The first kappa shape index (κ1) is 15.5. The van der Waals surface area contributed by atoms with Crippen LogP contribution in [0.15, 0.2) is 23.8 Å². The maximum Gasteiger partial charge on any atom is -0.0197 e. The molecular weight excluding hydrogens is 192 g/mol. The molecule has 1 atom stereocenters. The Balaban J connectivity index is 3.87. The van der Waals surface area contributed by atoms with Gasteiger partial charge in [0.2, 0.25) is 0 Å². The van der Waals surface area contributed by atoms with Crippen molar-refractivity contribution >= 4 is 0 Å². The zero-order chi connectivity index (χ0) is 12.2. The van der Waals surface area contributed by atoms with Crippen molar-refractivity contribution in [3.8, 4) is 0 Å². The van der Waals surface area contributed by atoms with Crippen LogP contribution in [0.5, 0.6) is 0 Å². The molecular formula is C16H30. The van der Waals surface area contributed by atoms with Crippen LogP contribution in [0.1, 0.15) is 72.6 Å². The summed E-state index contributed by atoms with van der Waals surface area (Å²) in [5, 5.41) is 0. The summed E-state index contributed by atoms with van der Waals surface area (Å²) in [6.45, 7) is 9.05. The van der Waals surface area contributed by atoms with Gasteiger partial charge < -0.3 is 0 Å². The standard InChI is InChI=1S/C16H30/c1-5-8-10-12-13-15(4)16(7-3)14-11-9-6-2/h7,10,12,15H,5-6,8-9,11,13-14H2,1-4H3/b12-10+,16-7-. The maximum absolute atomic E-state index is 2.36. The molecule has 1 unspecified atom stereocenters. The molecule has 0 saturated carbocycles. The first-order chi connectivity index (χ1) is 7.76. The normalized spacial score (nSPS) is 14.6. The van der Waals surface area contributed by atoms with Crippen LogP contribution in [-0.4, -0.2) is 0 Å². The van der Waals surface area contributed by atoms with Crippen molar-refractivity contribution in [3.05, 3.63) is 23.8 Å². The number of hydrogen-bond donors (Lipinski definition) is 0. The molecule has 0 fully saturated rings. The van der Waals surface area contributed by atoms with Crippen molar-refractivity contribution < 1.29 is 0 Å². The van der Waals surface area contributed by atoms with Gasteiger partial charge in [-0.25, -0.2) is 0 Å². The molecule has 0 nitrogen and oxygen atoms in total. The molecule has 0 rings (SSSR count). The summed E-state index contributed by atoms with van der Waals surface area (Å²) in [5.74, 6) is 0.731. The predicted molar refractivity (Wildman–Crippen MR) is 75.7 cm³/mol. The average Bonchev–Trinajstić information content (AvgIpc) is 2.30. The fourth-order valence-electron chi connectivity index (χ4n) is 1.99. The summed E-state index contributed by atoms with van der Waals surface area (Å²) < 4.78 is 0. The zero-order valence-electron chi connectivity index (χ0n) is 11.8. The highest BCUT2D eigenvalue weighted by atomic mass is 14.1. The smallest absolute Gasteiger partial charge is 0.0197 e. The van der Waals surface area contributed by atoms with E-state index >= 15 is 0 Å². The number of allylic oxidation sites excluding steroid dienone is 4. The van der Waals surface area contributed by atoms with Gasteiger partial charge in [0.1, 0.15) is 0 Å². The van der Waals surface area contributed by atoms with Crippen LogP contribution in [0, 0.1) is 5.92 Å². The van der Waals surface area contributed by atoms with E-state index in [0.717, 1.165) is 5.92 Å². The van der Waals surface area contributed by atoms with E-state index < -0.39 is 0 Å². The highest BCUT2D eigenvalue weighted by molar-refractivity contribution is 5.06. The van der Waals surface area contributed by atoms with Crippen molar-refractivity contribution in [2.45, 2.75) is 72.6 Å². The molecule has 0 saturated heterocycles. The number of rotatable bonds is 9. The van der Waals surface area contributed by atoms with Gasteiger partial charge in [0.05, 0.1) is 0 Å². The Hall–Kier alpha value is -0.520. The lowest BCUT2D eigenvalue weighted by atomic mass is 9.92. The lowest BCUT2D eigenvalue weighted by Gasteiger charge is -2.13. The summed E-state index contributed by atoms with van der Waals surface area (Å²) in [4.78, 5) is 0. The van der Waals surface area contributed by atoms with Crippen LogP contribution in [0.4, 0.5) is 0 Å².